The fourth-order valence-electron chi connectivity index (χ4n) is 4.33. The van der Waals surface area contributed by atoms with Gasteiger partial charge in [0.2, 0.25) is 0 Å². The van der Waals surface area contributed by atoms with Gasteiger partial charge >= 0.3 is 0 Å². The van der Waals surface area contributed by atoms with Crippen LogP contribution in [0.25, 0.3) is 0 Å². The van der Waals surface area contributed by atoms with E-state index in [4.69, 9.17) is 0 Å². The first-order chi connectivity index (χ1) is 16.8. The van der Waals surface area contributed by atoms with Crippen molar-refractivity contribution < 1.29 is 30.1 Å². The van der Waals surface area contributed by atoms with E-state index in [1.807, 2.05) is 0 Å². The van der Waals surface area contributed by atoms with Crippen LogP contribution in [-0.4, -0.2) is 41.7 Å². The van der Waals surface area contributed by atoms with E-state index in [0.717, 1.165) is 0 Å². The van der Waals surface area contributed by atoms with Gasteiger partial charge < -0.3 is 0 Å². The van der Waals surface area contributed by atoms with E-state index in [1.54, 1.807) is 60.7 Å². The van der Waals surface area contributed by atoms with Crippen molar-refractivity contribution in [1.29, 1.82) is 0 Å². The molecule has 2 unspecified atom stereocenters. The van der Waals surface area contributed by atoms with E-state index in [1.165, 1.54) is 13.8 Å². The average Bonchev–Trinajstić information content (AvgIpc) is 2.83. The smallest absolute Gasteiger partial charge is 0.274 e. The quantitative estimate of drug-likeness (QED) is 0.207. The molecule has 202 valence electrons. The molecule has 7 nitrogen and oxygen atoms in total. The molecule has 36 heavy (non-hydrogen) atoms. The lowest BCUT2D eigenvalue weighted by Crippen LogP contribution is -2.32. The monoisotopic (exact) mass is 558 g/mol. The molecule has 0 amide bonds. The van der Waals surface area contributed by atoms with Crippen LogP contribution in [-0.2, 0) is 40.5 Å². The van der Waals surface area contributed by atoms with Gasteiger partial charge in [-0.25, -0.2) is 0 Å². The zero-order chi connectivity index (χ0) is 26.9. The minimum absolute atomic E-state index is 0.274. The lowest BCUT2D eigenvalue weighted by molar-refractivity contribution is 0.415. The number of benzene rings is 2. The van der Waals surface area contributed by atoms with Crippen LogP contribution in [0.3, 0.4) is 0 Å². The number of hydrogen-bond acceptors (Lipinski definition) is 5. The molecule has 0 aromatic heterocycles. The lowest BCUT2D eigenvalue weighted by atomic mass is 9.94. The second-order valence-electron chi connectivity index (χ2n) is 9.61. The molecule has 0 saturated carbocycles. The number of rotatable bonds is 16. The van der Waals surface area contributed by atoms with Crippen molar-refractivity contribution in [3.63, 3.8) is 0 Å². The maximum absolute atomic E-state index is 12.4. The highest BCUT2D eigenvalue weighted by molar-refractivity contribution is 7.87. The topological polar surface area (TPSA) is 126 Å². The summed E-state index contributed by atoms with van der Waals surface area (Å²) in [4.78, 5) is 0. The molecule has 2 aromatic carbocycles. The molecule has 0 saturated heterocycles. The van der Waals surface area contributed by atoms with Gasteiger partial charge in [-0.2, -0.15) is 16.8 Å². The first-order valence-corrected chi connectivity index (χ1v) is 16.6. The van der Waals surface area contributed by atoms with Gasteiger partial charge in [0.15, 0.2) is 0 Å². The van der Waals surface area contributed by atoms with E-state index in [2.05, 4.69) is 0 Å². The van der Waals surface area contributed by atoms with Gasteiger partial charge in [-0.3, -0.25) is 13.3 Å². The molecule has 0 aliphatic rings. The summed E-state index contributed by atoms with van der Waals surface area (Å²) in [7, 11) is -9.59. The van der Waals surface area contributed by atoms with Gasteiger partial charge in [-0.1, -0.05) is 86.3 Å². The van der Waals surface area contributed by atoms with Crippen LogP contribution in [0.1, 0.15) is 76.3 Å². The number of hydrogen-bond donors (Lipinski definition) is 2. The van der Waals surface area contributed by atoms with Gasteiger partial charge in [-0.15, -0.1) is 0 Å². The minimum atomic E-state index is -4.29. The molecule has 0 bridgehead atoms. The van der Waals surface area contributed by atoms with Crippen LogP contribution < -0.4 is 0 Å². The highest BCUT2D eigenvalue weighted by Gasteiger charge is 2.40. The molecule has 0 aliphatic heterocycles. The molecule has 0 heterocycles. The van der Waals surface area contributed by atoms with Gasteiger partial charge in [0.1, 0.15) is 9.49 Å². The highest BCUT2D eigenvalue weighted by atomic mass is 32.2. The summed E-state index contributed by atoms with van der Waals surface area (Å²) in [6, 6.07) is 17.3. The summed E-state index contributed by atoms with van der Waals surface area (Å²) in [5.41, 5.74) is 1.10. The summed E-state index contributed by atoms with van der Waals surface area (Å²) in [5.74, 6) is 1.03. The molecule has 0 radical (unpaired) electrons. The lowest BCUT2D eigenvalue weighted by Gasteiger charge is -2.27. The SMILES string of the molecule is CC(CCCCCS(=O)CCCCCC(C)(c1ccccc1)S(=O)(=O)O)(c1ccccc1)S(=O)(=O)O. The summed E-state index contributed by atoms with van der Waals surface area (Å²) in [5, 5.41) is 0. The Hall–Kier alpha value is -1.59. The van der Waals surface area contributed by atoms with Crippen LogP contribution in [0.15, 0.2) is 60.7 Å². The van der Waals surface area contributed by atoms with Crippen LogP contribution in [0.5, 0.6) is 0 Å². The van der Waals surface area contributed by atoms with Crippen molar-refractivity contribution in [2.24, 2.45) is 0 Å². The highest BCUT2D eigenvalue weighted by Crippen LogP contribution is 2.36. The molecule has 10 heteroatoms. The Labute approximate surface area is 218 Å². The summed E-state index contributed by atoms with van der Waals surface area (Å²) in [6.45, 7) is 3.06. The summed E-state index contributed by atoms with van der Waals surface area (Å²) < 4.78 is 77.5. The summed E-state index contributed by atoms with van der Waals surface area (Å²) in [6.07, 6.45) is 4.50. The Balaban J connectivity index is 1.72. The van der Waals surface area contributed by atoms with Crippen LogP contribution in [0.4, 0.5) is 0 Å². The molecule has 2 aromatic rings. The number of unbranched alkanes of at least 4 members (excludes halogenated alkanes) is 4. The molecular formula is C26H38O7S3. The molecule has 0 aliphatic carbocycles. The third-order valence-electron chi connectivity index (χ3n) is 6.96. The largest absolute Gasteiger partial charge is 0.285 e. The zero-order valence-electron chi connectivity index (χ0n) is 21.0. The molecule has 2 rings (SSSR count). The van der Waals surface area contributed by atoms with Crippen molar-refractivity contribution >= 4 is 31.0 Å². The fourth-order valence-corrected chi connectivity index (χ4v) is 7.26. The van der Waals surface area contributed by atoms with E-state index in [0.29, 0.717) is 61.2 Å². The Morgan fingerprint density at radius 1 is 0.611 bits per heavy atom. The van der Waals surface area contributed by atoms with E-state index < -0.39 is 40.5 Å². The van der Waals surface area contributed by atoms with Crippen LogP contribution in [0, 0.1) is 0 Å². The predicted octanol–water partition coefficient (Wildman–Crippen LogP) is 5.46. The average molecular weight is 559 g/mol. The molecular weight excluding hydrogens is 520 g/mol. The third-order valence-corrected chi connectivity index (χ3v) is 11.6. The van der Waals surface area contributed by atoms with Crippen molar-refractivity contribution in [3.05, 3.63) is 71.8 Å². The van der Waals surface area contributed by atoms with Gasteiger partial charge in [0.25, 0.3) is 20.2 Å². The third kappa shape index (κ3) is 8.21. The normalized spacial score (nSPS) is 16.7. The van der Waals surface area contributed by atoms with Crippen LogP contribution >= 0.6 is 0 Å². The zero-order valence-corrected chi connectivity index (χ0v) is 23.5. The Morgan fingerprint density at radius 3 is 1.25 bits per heavy atom. The van der Waals surface area contributed by atoms with E-state index >= 15 is 0 Å². The Morgan fingerprint density at radius 2 is 0.944 bits per heavy atom. The maximum atomic E-state index is 12.4. The molecule has 2 N–H and O–H groups in total. The second-order valence-corrected chi connectivity index (χ2v) is 15.0. The first kappa shape index (κ1) is 30.6. The standard InChI is InChI=1S/C26H38O7S3/c1-25(35(28,29)30,23-15-7-3-8-16-23)19-11-5-13-21-34(27)22-14-6-12-20-26(2,36(31,32)33)24-17-9-4-10-18-24/h3-4,7-10,15-18H,5-6,11-14,19-22H2,1-2H3,(H,28,29,30)(H,31,32,33). The van der Waals surface area contributed by atoms with Crippen molar-refractivity contribution in [3.8, 4) is 0 Å². The Kier molecular flexibility index (Phi) is 11.3. The van der Waals surface area contributed by atoms with Gasteiger partial charge in [0, 0.05) is 22.3 Å². The predicted molar refractivity (Wildman–Crippen MR) is 145 cm³/mol. The maximum Gasteiger partial charge on any atom is 0.274 e. The second kappa shape index (κ2) is 13.3. The minimum Gasteiger partial charge on any atom is -0.285 e. The fraction of sp³-hybridized carbons (Fsp3) is 0.538. The van der Waals surface area contributed by atoms with Gasteiger partial charge in [-0.05, 0) is 50.7 Å². The molecule has 0 fully saturated rings. The van der Waals surface area contributed by atoms with Crippen LogP contribution in [0.2, 0.25) is 0 Å². The Bertz CT molecular complexity index is 1090. The molecule has 0 spiro atoms. The summed E-state index contributed by atoms with van der Waals surface area (Å²) >= 11 is 0. The first-order valence-electron chi connectivity index (χ1n) is 12.2. The van der Waals surface area contributed by atoms with Gasteiger partial charge in [0.05, 0.1) is 0 Å². The van der Waals surface area contributed by atoms with E-state index in [9.17, 15) is 30.1 Å². The van der Waals surface area contributed by atoms with Crippen molar-refractivity contribution in [2.45, 2.75) is 74.7 Å². The molecule has 2 atom stereocenters. The van der Waals surface area contributed by atoms with E-state index in [-0.39, 0.29) is 12.8 Å². The van der Waals surface area contributed by atoms with Crippen molar-refractivity contribution in [2.75, 3.05) is 11.5 Å². The van der Waals surface area contributed by atoms with Crippen molar-refractivity contribution in [1.82, 2.24) is 0 Å².